The highest BCUT2D eigenvalue weighted by Crippen LogP contribution is 2.10. The van der Waals surface area contributed by atoms with Gasteiger partial charge >= 0.3 is 0 Å². The average molecular weight is 290 g/mol. The van der Waals surface area contributed by atoms with Gasteiger partial charge in [-0.3, -0.25) is 10.1 Å². The van der Waals surface area contributed by atoms with Crippen LogP contribution in [0.1, 0.15) is 18.4 Å². The summed E-state index contributed by atoms with van der Waals surface area (Å²) in [5.41, 5.74) is 0.973. The van der Waals surface area contributed by atoms with Crippen LogP contribution in [0.25, 0.3) is 6.08 Å². The smallest absolute Gasteiger partial charge is 0.250 e. The van der Waals surface area contributed by atoms with Crippen LogP contribution in [-0.2, 0) is 9.53 Å². The molecule has 106 valence electrons. The number of carbonyl (C=O) groups excluding carboxylic acids is 1. The number of hydrogen-bond donors (Lipinski definition) is 2. The quantitative estimate of drug-likeness (QED) is 0.656. The van der Waals surface area contributed by atoms with Crippen LogP contribution in [0.15, 0.2) is 36.4 Å². The number of rotatable bonds is 4. The Balaban J connectivity index is 1.70. The van der Waals surface area contributed by atoms with Crippen LogP contribution in [0.2, 0.25) is 0 Å². The Kier molecular flexibility index (Phi) is 5.70. The van der Waals surface area contributed by atoms with Gasteiger partial charge in [-0.2, -0.15) is 0 Å². The molecule has 0 radical (unpaired) electrons. The molecule has 20 heavy (non-hydrogen) atoms. The van der Waals surface area contributed by atoms with Gasteiger partial charge in [0.1, 0.15) is 0 Å². The van der Waals surface area contributed by atoms with Crippen molar-refractivity contribution in [1.82, 2.24) is 10.6 Å². The Morgan fingerprint density at radius 3 is 2.90 bits per heavy atom. The zero-order valence-electron chi connectivity index (χ0n) is 11.2. The maximum absolute atomic E-state index is 11.7. The fourth-order valence-electron chi connectivity index (χ4n) is 1.95. The lowest BCUT2D eigenvalue weighted by Gasteiger charge is -2.12. The molecule has 1 atom stereocenters. The molecule has 1 aromatic rings. The molecule has 0 aromatic heterocycles. The zero-order chi connectivity index (χ0) is 14.2. The summed E-state index contributed by atoms with van der Waals surface area (Å²) in [5.74, 6) is -0.237. The van der Waals surface area contributed by atoms with E-state index in [9.17, 15) is 4.79 Å². The highest BCUT2D eigenvalue weighted by atomic mass is 32.1. The van der Waals surface area contributed by atoms with E-state index in [1.807, 2.05) is 30.3 Å². The second kappa shape index (κ2) is 7.77. The summed E-state index contributed by atoms with van der Waals surface area (Å²) in [6, 6.07) is 9.63. The highest BCUT2D eigenvalue weighted by molar-refractivity contribution is 7.80. The van der Waals surface area contributed by atoms with Gasteiger partial charge in [0.25, 0.3) is 0 Å². The number of amides is 1. The fourth-order valence-corrected chi connectivity index (χ4v) is 2.13. The van der Waals surface area contributed by atoms with Crippen LogP contribution in [0.4, 0.5) is 0 Å². The van der Waals surface area contributed by atoms with Gasteiger partial charge in [0.2, 0.25) is 5.91 Å². The molecule has 0 unspecified atom stereocenters. The standard InChI is InChI=1S/C15H18N2O2S/c18-14(9-8-12-5-2-1-3-6-12)17-15(20)16-11-13-7-4-10-19-13/h1-3,5-6,8-9,13H,4,7,10-11H2,(H2,16,17,18,20)/b9-8+/t13-/m0/s1. The summed E-state index contributed by atoms with van der Waals surface area (Å²) in [6.07, 6.45) is 5.54. The van der Waals surface area contributed by atoms with Gasteiger partial charge < -0.3 is 10.1 Å². The van der Waals surface area contributed by atoms with Gasteiger partial charge in [-0.25, -0.2) is 0 Å². The maximum Gasteiger partial charge on any atom is 0.250 e. The van der Waals surface area contributed by atoms with Crippen LogP contribution in [0.3, 0.4) is 0 Å². The number of ether oxygens (including phenoxy) is 1. The van der Waals surface area contributed by atoms with Crippen LogP contribution >= 0.6 is 12.2 Å². The molecule has 1 aliphatic heterocycles. The normalized spacial score (nSPS) is 18.1. The van der Waals surface area contributed by atoms with E-state index >= 15 is 0 Å². The van der Waals surface area contributed by atoms with Crippen LogP contribution < -0.4 is 10.6 Å². The molecule has 1 heterocycles. The van der Waals surface area contributed by atoms with Crippen molar-refractivity contribution in [3.63, 3.8) is 0 Å². The molecule has 0 bridgehead atoms. The molecule has 2 N–H and O–H groups in total. The van der Waals surface area contributed by atoms with Gasteiger partial charge in [0.15, 0.2) is 5.11 Å². The molecule has 0 aliphatic carbocycles. The molecule has 1 saturated heterocycles. The Bertz CT molecular complexity index is 482. The number of carbonyl (C=O) groups is 1. The molecular formula is C15H18N2O2S. The Morgan fingerprint density at radius 1 is 1.40 bits per heavy atom. The van der Waals surface area contributed by atoms with E-state index < -0.39 is 0 Å². The first-order valence-corrected chi connectivity index (χ1v) is 7.08. The lowest BCUT2D eigenvalue weighted by Crippen LogP contribution is -2.41. The molecule has 2 rings (SSSR count). The van der Waals surface area contributed by atoms with Crippen molar-refractivity contribution in [2.45, 2.75) is 18.9 Å². The summed E-state index contributed by atoms with van der Waals surface area (Å²) < 4.78 is 5.46. The van der Waals surface area contributed by atoms with E-state index in [-0.39, 0.29) is 12.0 Å². The maximum atomic E-state index is 11.7. The first-order valence-electron chi connectivity index (χ1n) is 6.67. The van der Waals surface area contributed by atoms with Gasteiger partial charge in [0.05, 0.1) is 6.10 Å². The molecule has 0 spiro atoms. The van der Waals surface area contributed by atoms with Crippen LogP contribution in [0.5, 0.6) is 0 Å². The topological polar surface area (TPSA) is 50.4 Å². The van der Waals surface area contributed by atoms with Gasteiger partial charge in [-0.1, -0.05) is 30.3 Å². The fraction of sp³-hybridized carbons (Fsp3) is 0.333. The number of hydrogen-bond acceptors (Lipinski definition) is 3. The predicted molar refractivity (Wildman–Crippen MR) is 83.2 cm³/mol. The highest BCUT2D eigenvalue weighted by Gasteiger charge is 2.15. The minimum atomic E-state index is -0.237. The Hall–Kier alpha value is -1.72. The van der Waals surface area contributed by atoms with Gasteiger partial charge in [-0.05, 0) is 36.7 Å². The van der Waals surface area contributed by atoms with E-state index in [0.717, 1.165) is 25.0 Å². The van der Waals surface area contributed by atoms with E-state index in [2.05, 4.69) is 10.6 Å². The van der Waals surface area contributed by atoms with Crippen molar-refractivity contribution in [2.75, 3.05) is 13.2 Å². The molecule has 5 heteroatoms. The van der Waals surface area contributed by atoms with Crippen LogP contribution in [-0.4, -0.2) is 30.3 Å². The van der Waals surface area contributed by atoms with Gasteiger partial charge in [0, 0.05) is 19.2 Å². The lowest BCUT2D eigenvalue weighted by atomic mass is 10.2. The van der Waals surface area contributed by atoms with Crippen molar-refractivity contribution in [3.05, 3.63) is 42.0 Å². The summed E-state index contributed by atoms with van der Waals surface area (Å²) in [7, 11) is 0. The molecule has 4 nitrogen and oxygen atoms in total. The van der Waals surface area contributed by atoms with Crippen molar-refractivity contribution in [1.29, 1.82) is 0 Å². The molecule has 1 amide bonds. The SMILES string of the molecule is O=C(/C=C/c1ccccc1)NC(=S)NC[C@@H]1CCCO1. The van der Waals surface area contributed by atoms with Crippen molar-refractivity contribution in [3.8, 4) is 0 Å². The van der Waals surface area contributed by atoms with Crippen molar-refractivity contribution < 1.29 is 9.53 Å². The zero-order valence-corrected chi connectivity index (χ0v) is 12.0. The van der Waals surface area contributed by atoms with Crippen molar-refractivity contribution >= 4 is 29.3 Å². The second-order valence-corrected chi connectivity index (χ2v) is 4.99. The number of thiocarbonyl (C=S) groups is 1. The van der Waals surface area contributed by atoms with E-state index in [1.165, 1.54) is 6.08 Å². The second-order valence-electron chi connectivity index (χ2n) is 4.58. The van der Waals surface area contributed by atoms with E-state index in [1.54, 1.807) is 6.08 Å². The Morgan fingerprint density at radius 2 is 2.20 bits per heavy atom. The minimum absolute atomic E-state index is 0.199. The molecule has 1 aromatic carbocycles. The molecule has 1 aliphatic rings. The predicted octanol–water partition coefficient (Wildman–Crippen LogP) is 1.87. The van der Waals surface area contributed by atoms with Gasteiger partial charge in [-0.15, -0.1) is 0 Å². The third-order valence-electron chi connectivity index (χ3n) is 2.98. The monoisotopic (exact) mass is 290 g/mol. The molecular weight excluding hydrogens is 272 g/mol. The molecule has 0 saturated carbocycles. The van der Waals surface area contributed by atoms with Crippen LogP contribution in [0, 0.1) is 0 Å². The summed E-state index contributed by atoms with van der Waals surface area (Å²) in [5, 5.41) is 5.94. The lowest BCUT2D eigenvalue weighted by molar-refractivity contribution is -0.115. The first kappa shape index (κ1) is 14.7. The van der Waals surface area contributed by atoms with Crippen molar-refractivity contribution in [2.24, 2.45) is 0 Å². The van der Waals surface area contributed by atoms with E-state index in [0.29, 0.717) is 11.7 Å². The number of nitrogens with one attached hydrogen (secondary N) is 2. The molecule has 1 fully saturated rings. The Labute approximate surface area is 124 Å². The minimum Gasteiger partial charge on any atom is -0.376 e. The third kappa shape index (κ3) is 5.11. The summed E-state index contributed by atoms with van der Waals surface area (Å²) in [6.45, 7) is 1.45. The summed E-state index contributed by atoms with van der Waals surface area (Å²) in [4.78, 5) is 11.7. The summed E-state index contributed by atoms with van der Waals surface area (Å²) >= 11 is 5.06. The number of benzene rings is 1. The van der Waals surface area contributed by atoms with E-state index in [4.69, 9.17) is 17.0 Å². The largest absolute Gasteiger partial charge is 0.376 e. The third-order valence-corrected chi connectivity index (χ3v) is 3.22. The first-order chi connectivity index (χ1) is 9.74. The average Bonchev–Trinajstić information content (AvgIpc) is 2.97.